The summed E-state index contributed by atoms with van der Waals surface area (Å²) in [7, 11) is 0. The van der Waals surface area contributed by atoms with Gasteiger partial charge in [-0.25, -0.2) is 0 Å². The standard InChI is InChI=1S/C4H8NO3/c1-3(2)4(6)5(7)8/h3-4H,1-2H3. The molecule has 0 aliphatic carbocycles. The fourth-order valence-corrected chi connectivity index (χ4v) is 0.243. The van der Waals surface area contributed by atoms with E-state index in [0.29, 0.717) is 0 Å². The summed E-state index contributed by atoms with van der Waals surface area (Å²) in [6.45, 7) is 3.06. The summed E-state index contributed by atoms with van der Waals surface area (Å²) in [5, 5.41) is 19.9. The molecule has 4 heteroatoms. The van der Waals surface area contributed by atoms with Crippen molar-refractivity contribution in [1.82, 2.24) is 0 Å². The summed E-state index contributed by atoms with van der Waals surface area (Å²) in [5.41, 5.74) is 0. The van der Waals surface area contributed by atoms with Gasteiger partial charge in [-0.15, -0.1) is 0 Å². The number of hydrogen-bond acceptors (Lipinski definition) is 2. The average Bonchev–Trinajstić information content (AvgIpc) is 1.64. The summed E-state index contributed by atoms with van der Waals surface area (Å²) in [5.74, 6) is -0.412. The number of nitro groups is 1. The molecule has 0 bridgehead atoms. The molecule has 1 unspecified atom stereocenters. The van der Waals surface area contributed by atoms with Gasteiger partial charge < -0.3 is 0 Å². The van der Waals surface area contributed by atoms with E-state index < -0.39 is 17.1 Å². The average molecular weight is 118 g/mol. The van der Waals surface area contributed by atoms with Gasteiger partial charge in [0, 0.05) is 0 Å². The largest absolute Gasteiger partial charge is 0.344 e. The van der Waals surface area contributed by atoms with Crippen molar-refractivity contribution in [2.24, 2.45) is 5.92 Å². The maximum atomic E-state index is 10.2. The van der Waals surface area contributed by atoms with Crippen molar-refractivity contribution in [2.75, 3.05) is 0 Å². The van der Waals surface area contributed by atoms with Crippen LogP contribution in [0.1, 0.15) is 13.8 Å². The fourth-order valence-electron chi connectivity index (χ4n) is 0.243. The lowest BCUT2D eigenvalue weighted by molar-refractivity contribution is -0.590. The third-order valence-corrected chi connectivity index (χ3v) is 0.778. The highest BCUT2D eigenvalue weighted by molar-refractivity contribution is 4.42. The Balaban J connectivity index is 3.64. The monoisotopic (exact) mass is 118 g/mol. The fraction of sp³-hybridized carbons (Fsp3) is 1.00. The van der Waals surface area contributed by atoms with Gasteiger partial charge >= 0.3 is 6.23 Å². The van der Waals surface area contributed by atoms with Crippen LogP contribution in [-0.2, 0) is 5.11 Å². The van der Waals surface area contributed by atoms with E-state index in [1.165, 1.54) is 13.8 Å². The molecule has 0 aromatic carbocycles. The lowest BCUT2D eigenvalue weighted by atomic mass is 10.2. The molecule has 0 saturated heterocycles. The highest BCUT2D eigenvalue weighted by atomic mass is 16.7. The van der Waals surface area contributed by atoms with E-state index in [1.807, 2.05) is 0 Å². The maximum Gasteiger partial charge on any atom is 0.344 e. The van der Waals surface area contributed by atoms with Crippen molar-refractivity contribution in [1.29, 1.82) is 0 Å². The minimum atomic E-state index is -1.66. The molecule has 8 heavy (non-hydrogen) atoms. The van der Waals surface area contributed by atoms with Gasteiger partial charge in [0.15, 0.2) is 0 Å². The van der Waals surface area contributed by atoms with Gasteiger partial charge in [-0.3, -0.25) is 10.1 Å². The molecule has 0 aromatic rings. The van der Waals surface area contributed by atoms with Gasteiger partial charge in [0.05, 0.1) is 10.8 Å². The SMILES string of the molecule is CC(C)C([O])[N+](=O)[O-]. The molecule has 0 aliphatic heterocycles. The van der Waals surface area contributed by atoms with E-state index >= 15 is 0 Å². The molecule has 0 amide bonds. The van der Waals surface area contributed by atoms with Gasteiger partial charge in [0.1, 0.15) is 0 Å². The smallest absolute Gasteiger partial charge is 0.262 e. The van der Waals surface area contributed by atoms with Gasteiger partial charge in [0.2, 0.25) is 0 Å². The van der Waals surface area contributed by atoms with E-state index in [4.69, 9.17) is 0 Å². The Bertz CT molecular complexity index is 91.3. The summed E-state index contributed by atoms with van der Waals surface area (Å²) in [6, 6.07) is 0. The molecule has 1 atom stereocenters. The van der Waals surface area contributed by atoms with E-state index in [-0.39, 0.29) is 0 Å². The predicted molar refractivity (Wildman–Crippen MR) is 26.3 cm³/mol. The number of rotatable bonds is 2. The van der Waals surface area contributed by atoms with E-state index in [0.717, 1.165) is 0 Å². The van der Waals surface area contributed by atoms with Gasteiger partial charge in [0.25, 0.3) is 0 Å². The van der Waals surface area contributed by atoms with Crippen molar-refractivity contribution < 1.29 is 10.0 Å². The summed E-state index contributed by atoms with van der Waals surface area (Å²) < 4.78 is 0. The Morgan fingerprint density at radius 2 is 1.88 bits per heavy atom. The topological polar surface area (TPSA) is 63.0 Å². The highest BCUT2D eigenvalue weighted by Crippen LogP contribution is 2.00. The molecule has 0 N–H and O–H groups in total. The maximum absolute atomic E-state index is 10.2. The molecule has 4 nitrogen and oxygen atoms in total. The van der Waals surface area contributed by atoms with Crippen molar-refractivity contribution in [3.05, 3.63) is 10.1 Å². The van der Waals surface area contributed by atoms with Crippen molar-refractivity contribution >= 4 is 0 Å². The third-order valence-electron chi connectivity index (χ3n) is 0.778. The van der Waals surface area contributed by atoms with Crippen LogP contribution in [-0.4, -0.2) is 11.2 Å². The van der Waals surface area contributed by atoms with Crippen molar-refractivity contribution in [2.45, 2.75) is 20.1 Å². The van der Waals surface area contributed by atoms with Crippen LogP contribution in [0.2, 0.25) is 0 Å². The Morgan fingerprint density at radius 3 is 1.88 bits per heavy atom. The van der Waals surface area contributed by atoms with E-state index in [1.54, 1.807) is 0 Å². The zero-order valence-corrected chi connectivity index (χ0v) is 4.83. The molecule has 0 aromatic heterocycles. The van der Waals surface area contributed by atoms with E-state index in [2.05, 4.69) is 0 Å². The molecule has 0 spiro atoms. The van der Waals surface area contributed by atoms with Crippen molar-refractivity contribution in [3.8, 4) is 0 Å². The molecular formula is C4H8NO3. The van der Waals surface area contributed by atoms with Crippen molar-refractivity contribution in [3.63, 3.8) is 0 Å². The predicted octanol–water partition coefficient (Wildman–Crippen LogP) is 0.676. The molecule has 0 heterocycles. The molecule has 0 rings (SSSR count). The lowest BCUT2D eigenvalue weighted by Crippen LogP contribution is -2.22. The Morgan fingerprint density at radius 1 is 1.50 bits per heavy atom. The van der Waals surface area contributed by atoms with Crippen LogP contribution >= 0.6 is 0 Å². The normalized spacial score (nSPS) is 14.0. The zero-order chi connectivity index (χ0) is 6.73. The van der Waals surface area contributed by atoms with E-state index in [9.17, 15) is 15.2 Å². The Kier molecular flexibility index (Phi) is 2.41. The Hall–Kier alpha value is -0.640. The summed E-state index contributed by atoms with van der Waals surface area (Å²) in [6.07, 6.45) is -1.66. The molecule has 0 aliphatic rings. The quantitative estimate of drug-likeness (QED) is 0.304. The second-order valence-corrected chi connectivity index (χ2v) is 1.92. The lowest BCUT2D eigenvalue weighted by Gasteiger charge is -2.00. The van der Waals surface area contributed by atoms with Crippen LogP contribution < -0.4 is 0 Å². The highest BCUT2D eigenvalue weighted by Gasteiger charge is 2.21. The zero-order valence-electron chi connectivity index (χ0n) is 4.83. The van der Waals surface area contributed by atoms with Gasteiger partial charge in [-0.05, 0) is 0 Å². The molecule has 0 saturated carbocycles. The van der Waals surface area contributed by atoms with Gasteiger partial charge in [-0.1, -0.05) is 13.8 Å². The number of nitrogens with zero attached hydrogens (tertiary/aromatic N) is 1. The molecule has 0 fully saturated rings. The summed E-state index contributed by atoms with van der Waals surface area (Å²) >= 11 is 0. The van der Waals surface area contributed by atoms with Crippen LogP contribution in [0.4, 0.5) is 0 Å². The second-order valence-electron chi connectivity index (χ2n) is 1.92. The number of hydrogen-bond donors (Lipinski definition) is 0. The third kappa shape index (κ3) is 1.88. The van der Waals surface area contributed by atoms with Gasteiger partial charge in [-0.2, -0.15) is 5.11 Å². The Labute approximate surface area is 47.3 Å². The minimum absolute atomic E-state index is 0.412. The van der Waals surface area contributed by atoms with Crippen LogP contribution in [0, 0.1) is 16.0 Å². The molecule has 1 radical (unpaired) electrons. The minimum Gasteiger partial charge on any atom is -0.262 e. The molecular weight excluding hydrogens is 110 g/mol. The first-order valence-corrected chi connectivity index (χ1v) is 2.35. The summed E-state index contributed by atoms with van der Waals surface area (Å²) in [4.78, 5) is 8.82. The first-order chi connectivity index (χ1) is 3.55. The second kappa shape index (κ2) is 2.61. The van der Waals surface area contributed by atoms with Crippen LogP contribution in [0.5, 0.6) is 0 Å². The first-order valence-electron chi connectivity index (χ1n) is 2.35. The first kappa shape index (κ1) is 7.36. The van der Waals surface area contributed by atoms with Crippen LogP contribution in [0.3, 0.4) is 0 Å². The van der Waals surface area contributed by atoms with Crippen LogP contribution in [0.25, 0.3) is 0 Å². The molecule has 47 valence electrons. The van der Waals surface area contributed by atoms with Crippen LogP contribution in [0.15, 0.2) is 0 Å².